The number of aryl methyl sites for hydroxylation is 1. The van der Waals surface area contributed by atoms with Crippen molar-refractivity contribution in [3.8, 4) is 5.75 Å². The fraction of sp³-hybridized carbons (Fsp3) is 0.581. The second kappa shape index (κ2) is 13.7. The van der Waals surface area contributed by atoms with Crippen molar-refractivity contribution in [2.45, 2.75) is 72.8 Å². The van der Waals surface area contributed by atoms with Crippen molar-refractivity contribution in [1.29, 1.82) is 0 Å². The van der Waals surface area contributed by atoms with Crippen LogP contribution in [0.3, 0.4) is 0 Å². The van der Waals surface area contributed by atoms with E-state index in [0.717, 1.165) is 47.2 Å². The minimum absolute atomic E-state index is 0.0281. The number of allylic oxidation sites excluding steroid dienone is 2. The van der Waals surface area contributed by atoms with Crippen LogP contribution < -0.4 is 4.74 Å². The molecule has 1 atom stereocenters. The molecule has 1 unspecified atom stereocenters. The molecule has 0 radical (unpaired) electrons. The van der Waals surface area contributed by atoms with Gasteiger partial charge < -0.3 is 19.4 Å². The third kappa shape index (κ3) is 7.25. The van der Waals surface area contributed by atoms with E-state index < -0.39 is 0 Å². The van der Waals surface area contributed by atoms with Gasteiger partial charge in [-0.25, -0.2) is 0 Å². The highest BCUT2D eigenvalue weighted by atomic mass is 16.5. The number of ether oxygens (including phenoxy) is 1. The van der Waals surface area contributed by atoms with Crippen molar-refractivity contribution in [3.05, 3.63) is 59.5 Å². The Morgan fingerprint density at radius 3 is 2.42 bits per heavy atom. The highest BCUT2D eigenvalue weighted by molar-refractivity contribution is 5.96. The number of methoxy groups -OCH3 is 1. The molecular weight excluding hydrogens is 446 g/mol. The van der Waals surface area contributed by atoms with E-state index in [4.69, 9.17) is 4.74 Å². The topological polar surface area (TPSA) is 36.0 Å². The lowest BCUT2D eigenvalue weighted by Crippen LogP contribution is -2.41. The Labute approximate surface area is 219 Å². The summed E-state index contributed by atoms with van der Waals surface area (Å²) in [5.41, 5.74) is 4.24. The average molecular weight is 494 g/mol. The molecule has 3 heterocycles. The summed E-state index contributed by atoms with van der Waals surface area (Å²) in [6, 6.07) is 6.10. The molecule has 4 rings (SSSR count). The quantitative estimate of drug-likeness (QED) is 0.438. The Kier molecular flexibility index (Phi) is 10.7. The van der Waals surface area contributed by atoms with Crippen LogP contribution in [0.2, 0.25) is 0 Å². The first-order valence-corrected chi connectivity index (χ1v) is 14.0. The largest absolute Gasteiger partial charge is 0.496 e. The van der Waals surface area contributed by atoms with Crippen LogP contribution in [0, 0.1) is 12.8 Å². The van der Waals surface area contributed by atoms with E-state index in [9.17, 15) is 4.79 Å². The fourth-order valence-corrected chi connectivity index (χ4v) is 5.43. The molecule has 36 heavy (non-hydrogen) atoms. The molecule has 0 spiro atoms. The molecule has 1 aromatic rings. The van der Waals surface area contributed by atoms with E-state index in [0.29, 0.717) is 0 Å². The van der Waals surface area contributed by atoms with Crippen LogP contribution in [0.25, 0.3) is 5.57 Å². The predicted molar refractivity (Wildman–Crippen MR) is 151 cm³/mol. The Morgan fingerprint density at radius 1 is 1.08 bits per heavy atom. The summed E-state index contributed by atoms with van der Waals surface area (Å²) in [5.74, 6) is 1.70. The molecule has 3 aliphatic rings. The maximum Gasteiger partial charge on any atom is 0.251 e. The van der Waals surface area contributed by atoms with Gasteiger partial charge in [0.15, 0.2) is 0 Å². The summed E-state index contributed by atoms with van der Waals surface area (Å²) >= 11 is 0. The maximum absolute atomic E-state index is 13.2. The summed E-state index contributed by atoms with van der Waals surface area (Å²) in [4.78, 5) is 20.2. The number of rotatable bonds is 6. The van der Waals surface area contributed by atoms with E-state index in [1.807, 2.05) is 44.7 Å². The van der Waals surface area contributed by atoms with Crippen molar-refractivity contribution in [3.63, 3.8) is 0 Å². The van der Waals surface area contributed by atoms with Gasteiger partial charge in [0.2, 0.25) is 0 Å². The summed E-state index contributed by atoms with van der Waals surface area (Å²) in [6.07, 6.45) is 14.8. The molecule has 198 valence electrons. The van der Waals surface area contributed by atoms with Gasteiger partial charge in [0.25, 0.3) is 5.91 Å². The third-order valence-corrected chi connectivity index (χ3v) is 7.65. The van der Waals surface area contributed by atoms with E-state index in [1.165, 1.54) is 51.7 Å². The Hall–Kier alpha value is -2.53. The minimum atomic E-state index is 0.0281. The second-order valence-corrected chi connectivity index (χ2v) is 10.2. The number of benzene rings is 1. The van der Waals surface area contributed by atoms with Crippen LogP contribution in [0.15, 0.2) is 48.3 Å². The summed E-state index contributed by atoms with van der Waals surface area (Å²) in [7, 11) is 1.68. The van der Waals surface area contributed by atoms with E-state index in [2.05, 4.69) is 41.1 Å². The van der Waals surface area contributed by atoms with Crippen LogP contribution in [-0.2, 0) is 4.79 Å². The average Bonchev–Trinajstić information content (AvgIpc) is 2.91. The number of hydrogen-bond donors (Lipinski definition) is 0. The van der Waals surface area contributed by atoms with Gasteiger partial charge in [-0.1, -0.05) is 32.4 Å². The number of amides is 1. The minimum Gasteiger partial charge on any atom is -0.496 e. The molecule has 3 aliphatic heterocycles. The van der Waals surface area contributed by atoms with E-state index in [1.54, 1.807) is 13.2 Å². The van der Waals surface area contributed by atoms with Crippen molar-refractivity contribution in [2.24, 2.45) is 5.92 Å². The van der Waals surface area contributed by atoms with E-state index in [-0.39, 0.29) is 11.9 Å². The summed E-state index contributed by atoms with van der Waals surface area (Å²) in [5, 5.41) is 0. The molecule has 1 aromatic carbocycles. The zero-order valence-electron chi connectivity index (χ0n) is 23.4. The molecule has 0 N–H and O–H groups in total. The first kappa shape index (κ1) is 28.0. The summed E-state index contributed by atoms with van der Waals surface area (Å²) < 4.78 is 5.37. The van der Waals surface area contributed by atoms with Crippen molar-refractivity contribution in [1.82, 2.24) is 14.7 Å². The van der Waals surface area contributed by atoms with Gasteiger partial charge >= 0.3 is 0 Å². The predicted octanol–water partition coefficient (Wildman–Crippen LogP) is 6.26. The van der Waals surface area contributed by atoms with Gasteiger partial charge in [-0.3, -0.25) is 4.79 Å². The first-order chi connectivity index (χ1) is 17.4. The number of hydrogen-bond acceptors (Lipinski definition) is 4. The molecule has 5 heteroatoms. The lowest BCUT2D eigenvalue weighted by atomic mass is 9.94. The molecule has 0 aromatic heterocycles. The number of nitrogens with zero attached hydrogens (tertiary/aromatic N) is 3. The molecule has 5 nitrogen and oxygen atoms in total. The van der Waals surface area contributed by atoms with Crippen LogP contribution in [0.4, 0.5) is 0 Å². The third-order valence-electron chi connectivity index (χ3n) is 7.65. The molecule has 0 bridgehead atoms. The number of likely N-dealkylation sites (tertiary alicyclic amines) is 2. The molecule has 0 aliphatic carbocycles. The monoisotopic (exact) mass is 493 g/mol. The lowest BCUT2D eigenvalue weighted by Gasteiger charge is -2.39. The van der Waals surface area contributed by atoms with Crippen LogP contribution in [0.5, 0.6) is 5.75 Å². The number of piperidine rings is 2. The van der Waals surface area contributed by atoms with Gasteiger partial charge in [0.05, 0.1) is 18.8 Å². The van der Waals surface area contributed by atoms with Crippen molar-refractivity contribution < 1.29 is 9.53 Å². The standard InChI is InChI=1S/C29H41N3O2.C2H6/c1-22(26-9-11-28(34-4)23(2)18-26)19-29(33)32-21-27(10-8-24(32)3)31-16-12-25(13-17-31)20-30-14-6-5-7-15-30;1-2/h8-11,18-19,21,24-25H,5-7,12-17,20H2,1-4H3;1-2H3/b22-19+;. The van der Waals surface area contributed by atoms with Gasteiger partial charge in [-0.2, -0.15) is 0 Å². The SMILES string of the molecule is CC.COc1ccc(/C(C)=C/C(=O)N2C=C(N3CCC(CN4CCCCC4)CC3)C=CC2C)cc1C. The number of carbonyl (C=O) groups excluding carboxylic acids is 1. The normalized spacial score (nSPS) is 21.6. The van der Waals surface area contributed by atoms with Crippen LogP contribution in [0.1, 0.15) is 70.9 Å². The van der Waals surface area contributed by atoms with Gasteiger partial charge in [-0.05, 0) is 100 Å². The van der Waals surface area contributed by atoms with Crippen molar-refractivity contribution >= 4 is 11.5 Å². The molecule has 2 saturated heterocycles. The van der Waals surface area contributed by atoms with Crippen LogP contribution >= 0.6 is 0 Å². The Balaban J connectivity index is 0.00000176. The highest BCUT2D eigenvalue weighted by Crippen LogP contribution is 2.27. The first-order valence-electron chi connectivity index (χ1n) is 14.0. The number of carbonyl (C=O) groups is 1. The Morgan fingerprint density at radius 2 is 1.78 bits per heavy atom. The Bertz CT molecular complexity index is 951. The van der Waals surface area contributed by atoms with Gasteiger partial charge in [-0.15, -0.1) is 0 Å². The maximum atomic E-state index is 13.2. The van der Waals surface area contributed by atoms with Crippen LogP contribution in [-0.4, -0.2) is 66.5 Å². The smallest absolute Gasteiger partial charge is 0.251 e. The zero-order valence-corrected chi connectivity index (χ0v) is 23.4. The molecule has 0 saturated carbocycles. The highest BCUT2D eigenvalue weighted by Gasteiger charge is 2.26. The second-order valence-electron chi connectivity index (χ2n) is 10.2. The van der Waals surface area contributed by atoms with Crippen molar-refractivity contribution in [2.75, 3.05) is 39.8 Å². The van der Waals surface area contributed by atoms with Gasteiger partial charge in [0.1, 0.15) is 5.75 Å². The van der Waals surface area contributed by atoms with Gasteiger partial charge in [0, 0.05) is 31.9 Å². The molecular formula is C31H47N3O2. The molecule has 1 amide bonds. The zero-order chi connectivity index (χ0) is 26.1. The fourth-order valence-electron chi connectivity index (χ4n) is 5.43. The summed E-state index contributed by atoms with van der Waals surface area (Å²) in [6.45, 7) is 16.1. The van der Waals surface area contributed by atoms with E-state index >= 15 is 0 Å². The lowest BCUT2D eigenvalue weighted by molar-refractivity contribution is -0.124. The molecule has 2 fully saturated rings.